The van der Waals surface area contributed by atoms with Gasteiger partial charge < -0.3 is 24.8 Å². The van der Waals surface area contributed by atoms with Crippen LogP contribution in [-0.2, 0) is 27.6 Å². The molecule has 2 aromatic rings. The van der Waals surface area contributed by atoms with Crippen LogP contribution in [0.25, 0.3) is 0 Å². The van der Waals surface area contributed by atoms with Crippen LogP contribution in [0.1, 0.15) is 66.9 Å². The van der Waals surface area contributed by atoms with E-state index in [2.05, 4.69) is 43.6 Å². The summed E-state index contributed by atoms with van der Waals surface area (Å²) < 4.78 is 33.4. The maximum Gasteiger partial charge on any atom is 0.327 e. The number of ether oxygens (including phenoxy) is 2. The first kappa shape index (κ1) is 34.7. The summed E-state index contributed by atoms with van der Waals surface area (Å²) in [5.41, 5.74) is 3.42. The largest absolute Gasteiger partial charge is 0.491 e. The zero-order valence-electron chi connectivity index (χ0n) is 27.7. The molecule has 12 heteroatoms. The van der Waals surface area contributed by atoms with Gasteiger partial charge in [0, 0.05) is 49.4 Å². The van der Waals surface area contributed by atoms with Crippen molar-refractivity contribution in [2.24, 2.45) is 28.0 Å². The summed E-state index contributed by atoms with van der Waals surface area (Å²) in [6, 6.07) is 10.5. The fourth-order valence-electron chi connectivity index (χ4n) is 7.14. The Bertz CT molecular complexity index is 1660. The molecule has 260 valence electrons. The first-order valence-electron chi connectivity index (χ1n) is 17.1. The minimum absolute atomic E-state index is 0.00613. The number of carbonyl (C=O) groups is 2. The highest BCUT2D eigenvalue weighted by Gasteiger charge is 2.39. The van der Waals surface area contributed by atoms with Crippen LogP contribution in [0.3, 0.4) is 0 Å². The number of allylic oxidation sites excluding steroid dienone is 1. The number of fused-ring (bicyclic) bond motifs is 3. The summed E-state index contributed by atoms with van der Waals surface area (Å²) in [4.78, 5) is 29.1. The summed E-state index contributed by atoms with van der Waals surface area (Å²) >= 11 is 6.45. The maximum absolute atomic E-state index is 14.3. The van der Waals surface area contributed by atoms with Gasteiger partial charge in [-0.25, -0.2) is 9.00 Å². The highest BCUT2D eigenvalue weighted by molar-refractivity contribution is 7.92. The molecule has 0 spiro atoms. The summed E-state index contributed by atoms with van der Waals surface area (Å²) in [7, 11) is -1.77. The number of hydrogen-bond acceptors (Lipinski definition) is 7. The van der Waals surface area contributed by atoms with E-state index in [1.807, 2.05) is 13.0 Å². The Kier molecular flexibility index (Phi) is 11.0. The van der Waals surface area contributed by atoms with Gasteiger partial charge in [-0.05, 0) is 104 Å². The second-order valence-corrected chi connectivity index (χ2v) is 16.3. The standard InChI is InChI=1S/C36H47ClN4O6S/c1-23-6-5-8-33(46-2)30-13-10-27(30)20-41-19-26-9-12-29(37)16-24(26)7-3-4-15-47-34-14-11-25(18-32(34)41)35(43)39-48(45,22-23)40-36(44)38-31-17-28(31)21-42/h5,8-9,11-12,14,16,18,23,27-28,30-31,33,42H,3-4,6-7,10,13,15,17,19-22H2,1-2H3,(H2,38,39,40,43,44,45)/b8-5+/t23-,27-,28-,30+,31-,33-,48?/m0/s1. The SMILES string of the molecule is CO[C@H]1/C=C/C[C@H](C)CS(=O)(NC(=O)N[C@H]2C[C@H]2CO)=NC(=O)c2ccc3c(c2)N(Cc2ccc(Cl)cc2CCCCO3)C[C@@H]2CC[C@H]21. The summed E-state index contributed by atoms with van der Waals surface area (Å²) in [5, 5.41) is 12.9. The number of methoxy groups -OCH3 is 1. The predicted molar refractivity (Wildman–Crippen MR) is 188 cm³/mol. The Hall–Kier alpha value is -3.12. The van der Waals surface area contributed by atoms with Gasteiger partial charge in [-0.3, -0.25) is 9.52 Å². The molecular formula is C36H47ClN4O6S. The van der Waals surface area contributed by atoms with E-state index in [4.69, 9.17) is 21.1 Å². The lowest BCUT2D eigenvalue weighted by Crippen LogP contribution is -2.43. The van der Waals surface area contributed by atoms with Crippen molar-refractivity contribution in [3.8, 4) is 5.75 Å². The summed E-state index contributed by atoms with van der Waals surface area (Å²) in [5.74, 6) is 0.520. The Labute approximate surface area is 288 Å². The topological polar surface area (TPSA) is 130 Å². The fourth-order valence-corrected chi connectivity index (χ4v) is 9.17. The second-order valence-electron chi connectivity index (χ2n) is 13.8. The van der Waals surface area contributed by atoms with Crippen LogP contribution in [-0.4, -0.2) is 66.0 Å². The first-order chi connectivity index (χ1) is 23.1. The number of benzene rings is 2. The van der Waals surface area contributed by atoms with Gasteiger partial charge in [0.05, 0.1) is 24.2 Å². The average Bonchev–Trinajstić information content (AvgIpc) is 3.79. The van der Waals surface area contributed by atoms with E-state index >= 15 is 0 Å². The van der Waals surface area contributed by atoms with Crippen molar-refractivity contribution in [1.82, 2.24) is 10.0 Å². The number of aryl methyl sites for hydroxylation is 1. The summed E-state index contributed by atoms with van der Waals surface area (Å²) in [6.07, 6.45) is 10.1. The van der Waals surface area contributed by atoms with Gasteiger partial charge in [-0.1, -0.05) is 36.7 Å². The fraction of sp³-hybridized carbons (Fsp3) is 0.556. The number of aliphatic hydroxyl groups is 1. The number of anilines is 1. The minimum atomic E-state index is -3.51. The number of aliphatic hydroxyl groups excluding tert-OH is 1. The zero-order valence-corrected chi connectivity index (χ0v) is 29.3. The van der Waals surface area contributed by atoms with Crippen molar-refractivity contribution < 1.29 is 28.4 Å². The lowest BCUT2D eigenvalue weighted by Gasteiger charge is -2.43. The zero-order chi connectivity index (χ0) is 33.8. The van der Waals surface area contributed by atoms with Gasteiger partial charge in [0.15, 0.2) is 0 Å². The Balaban J connectivity index is 1.41. The molecule has 48 heavy (non-hydrogen) atoms. The third kappa shape index (κ3) is 8.35. The number of nitrogens with one attached hydrogen (secondary N) is 2. The molecule has 3 N–H and O–H groups in total. The quantitative estimate of drug-likeness (QED) is 0.339. The molecule has 7 atom stereocenters. The van der Waals surface area contributed by atoms with Gasteiger partial charge in [0.1, 0.15) is 15.7 Å². The van der Waals surface area contributed by atoms with Crippen LogP contribution in [0.5, 0.6) is 5.75 Å². The molecule has 3 amide bonds. The van der Waals surface area contributed by atoms with Crippen molar-refractivity contribution in [2.45, 2.75) is 70.6 Å². The van der Waals surface area contributed by atoms with Crippen LogP contribution in [0.2, 0.25) is 5.02 Å². The summed E-state index contributed by atoms with van der Waals surface area (Å²) in [6.45, 7) is 3.76. The van der Waals surface area contributed by atoms with E-state index < -0.39 is 21.9 Å². The Morgan fingerprint density at radius 2 is 2.04 bits per heavy atom. The number of rotatable bonds is 4. The molecule has 2 aliphatic heterocycles. The van der Waals surface area contributed by atoms with E-state index in [0.717, 1.165) is 44.3 Å². The number of halogens is 1. The highest BCUT2D eigenvalue weighted by Crippen LogP contribution is 2.42. The molecule has 2 heterocycles. The van der Waals surface area contributed by atoms with Gasteiger partial charge in [0.2, 0.25) is 0 Å². The lowest BCUT2D eigenvalue weighted by molar-refractivity contribution is 0.0133. The van der Waals surface area contributed by atoms with Crippen LogP contribution >= 0.6 is 11.6 Å². The highest BCUT2D eigenvalue weighted by atomic mass is 35.5. The number of amides is 3. The Morgan fingerprint density at radius 3 is 2.79 bits per heavy atom. The van der Waals surface area contributed by atoms with E-state index in [9.17, 15) is 18.9 Å². The molecule has 0 aromatic heterocycles. The normalized spacial score (nSPS) is 31.3. The minimum Gasteiger partial charge on any atom is -0.491 e. The first-order valence-corrected chi connectivity index (χ1v) is 19.2. The van der Waals surface area contributed by atoms with E-state index in [1.165, 1.54) is 11.1 Å². The molecule has 0 radical (unpaired) electrons. The molecule has 4 aliphatic rings. The molecule has 10 nitrogen and oxygen atoms in total. The van der Waals surface area contributed by atoms with Crippen molar-refractivity contribution in [2.75, 3.05) is 37.5 Å². The molecule has 2 fully saturated rings. The molecule has 2 bridgehead atoms. The third-order valence-corrected chi connectivity index (χ3v) is 12.4. The Morgan fingerprint density at radius 1 is 1.19 bits per heavy atom. The van der Waals surface area contributed by atoms with Crippen LogP contribution < -0.4 is 19.7 Å². The van der Waals surface area contributed by atoms with E-state index in [1.54, 1.807) is 25.3 Å². The lowest BCUT2D eigenvalue weighted by atomic mass is 9.70. The van der Waals surface area contributed by atoms with Crippen molar-refractivity contribution in [1.29, 1.82) is 0 Å². The van der Waals surface area contributed by atoms with Gasteiger partial charge in [0.25, 0.3) is 5.91 Å². The molecule has 0 saturated heterocycles. The number of nitrogens with zero attached hydrogens (tertiary/aromatic N) is 2. The second kappa shape index (κ2) is 15.2. The van der Waals surface area contributed by atoms with Crippen LogP contribution in [0.15, 0.2) is 52.9 Å². The predicted octanol–water partition coefficient (Wildman–Crippen LogP) is 5.90. The van der Waals surface area contributed by atoms with E-state index in [0.29, 0.717) is 48.6 Å². The van der Waals surface area contributed by atoms with Crippen LogP contribution in [0.4, 0.5) is 10.5 Å². The monoisotopic (exact) mass is 698 g/mol. The maximum atomic E-state index is 14.3. The number of carbonyl (C=O) groups excluding carboxylic acids is 2. The molecule has 2 aliphatic carbocycles. The van der Waals surface area contributed by atoms with Crippen molar-refractivity contribution in [3.05, 3.63) is 70.3 Å². The number of hydrogen-bond donors (Lipinski definition) is 3. The van der Waals surface area contributed by atoms with Crippen molar-refractivity contribution >= 4 is 39.1 Å². The van der Waals surface area contributed by atoms with E-state index in [-0.39, 0.29) is 41.9 Å². The smallest absolute Gasteiger partial charge is 0.327 e. The average molecular weight is 699 g/mol. The third-order valence-electron chi connectivity index (χ3n) is 10.1. The molecule has 2 saturated carbocycles. The van der Waals surface area contributed by atoms with Crippen LogP contribution in [0, 0.1) is 23.7 Å². The molecule has 2 aromatic carbocycles. The number of urea groups is 1. The molecule has 1 unspecified atom stereocenters. The molecule has 6 rings (SSSR count). The van der Waals surface area contributed by atoms with Gasteiger partial charge in [-0.2, -0.15) is 0 Å². The molecular weight excluding hydrogens is 652 g/mol. The van der Waals surface area contributed by atoms with Crippen molar-refractivity contribution in [3.63, 3.8) is 0 Å². The van der Waals surface area contributed by atoms with Gasteiger partial charge in [-0.15, -0.1) is 4.36 Å². The van der Waals surface area contributed by atoms with Gasteiger partial charge >= 0.3 is 6.03 Å².